The number of piperazine rings is 1. The van der Waals surface area contributed by atoms with E-state index in [1.165, 1.54) is 5.39 Å². The highest BCUT2D eigenvalue weighted by Gasteiger charge is 2.31. The highest BCUT2D eigenvalue weighted by Crippen LogP contribution is 2.18. The van der Waals surface area contributed by atoms with Crippen molar-refractivity contribution in [1.29, 1.82) is 0 Å². The van der Waals surface area contributed by atoms with Crippen LogP contribution >= 0.6 is 0 Å². The van der Waals surface area contributed by atoms with E-state index in [1.807, 2.05) is 28.0 Å². The summed E-state index contributed by atoms with van der Waals surface area (Å²) in [5, 5.41) is 2.34. The number of amides is 2. The molecule has 2 aromatic rings. The minimum absolute atomic E-state index is 0.0872. The molecule has 1 unspecified atom stereocenters. The summed E-state index contributed by atoms with van der Waals surface area (Å²) in [7, 11) is 0. The smallest absolute Gasteiger partial charge is 0.251 e. The normalized spacial score (nSPS) is 20.5. The van der Waals surface area contributed by atoms with E-state index >= 15 is 0 Å². The summed E-state index contributed by atoms with van der Waals surface area (Å²) >= 11 is 0. The molecule has 0 aromatic heterocycles. The molecule has 26 heavy (non-hydrogen) atoms. The zero-order valence-electron chi connectivity index (χ0n) is 14.9. The van der Waals surface area contributed by atoms with Gasteiger partial charge >= 0.3 is 0 Å². The molecule has 136 valence electrons. The summed E-state index contributed by atoms with van der Waals surface area (Å²) in [4.78, 5) is 28.7. The van der Waals surface area contributed by atoms with Crippen LogP contribution in [0.2, 0.25) is 0 Å². The Labute approximate surface area is 153 Å². The third-order valence-electron chi connectivity index (χ3n) is 5.32. The van der Waals surface area contributed by atoms with Crippen LogP contribution in [-0.4, -0.2) is 60.5 Å². The molecule has 2 aromatic carbocycles. The summed E-state index contributed by atoms with van der Waals surface area (Å²) in [6.07, 6.45) is 1.92. The summed E-state index contributed by atoms with van der Waals surface area (Å²) in [5.41, 5.74) is 1.03. The lowest BCUT2D eigenvalue weighted by molar-refractivity contribution is -0.145. The molecule has 0 radical (unpaired) electrons. The van der Waals surface area contributed by atoms with E-state index in [2.05, 4.69) is 24.3 Å². The molecule has 0 aliphatic carbocycles. The molecule has 5 heteroatoms. The van der Waals surface area contributed by atoms with Crippen LogP contribution in [0.1, 0.15) is 18.4 Å². The van der Waals surface area contributed by atoms with Crippen molar-refractivity contribution in [3.63, 3.8) is 0 Å². The van der Waals surface area contributed by atoms with Gasteiger partial charge in [-0.05, 0) is 29.2 Å². The van der Waals surface area contributed by atoms with Crippen molar-refractivity contribution >= 4 is 22.6 Å². The molecule has 2 amide bonds. The molecular formula is C21H24N2O3. The molecule has 5 nitrogen and oxygen atoms in total. The van der Waals surface area contributed by atoms with Crippen molar-refractivity contribution in [3.8, 4) is 0 Å². The van der Waals surface area contributed by atoms with E-state index in [1.54, 1.807) is 0 Å². The molecule has 1 atom stereocenters. The number of nitrogens with zero attached hydrogens (tertiary/aromatic N) is 2. The van der Waals surface area contributed by atoms with Crippen LogP contribution in [0.25, 0.3) is 10.8 Å². The van der Waals surface area contributed by atoms with Crippen LogP contribution in [0.5, 0.6) is 0 Å². The maximum Gasteiger partial charge on any atom is 0.251 e. The molecule has 0 spiro atoms. The largest absolute Gasteiger partial charge is 0.368 e. The van der Waals surface area contributed by atoms with Crippen LogP contribution < -0.4 is 0 Å². The quantitative estimate of drug-likeness (QED) is 0.851. The second-order valence-corrected chi connectivity index (χ2v) is 7.07. The zero-order chi connectivity index (χ0) is 17.9. The fourth-order valence-electron chi connectivity index (χ4n) is 3.79. The average Bonchev–Trinajstić information content (AvgIpc) is 3.22. The van der Waals surface area contributed by atoms with E-state index in [9.17, 15) is 9.59 Å². The molecule has 2 aliphatic heterocycles. The number of rotatable bonds is 3. The van der Waals surface area contributed by atoms with E-state index in [0.717, 1.165) is 23.8 Å². The van der Waals surface area contributed by atoms with Crippen LogP contribution in [0.15, 0.2) is 42.5 Å². The second kappa shape index (κ2) is 7.46. The number of carbonyl (C=O) groups is 2. The van der Waals surface area contributed by atoms with Gasteiger partial charge in [-0.3, -0.25) is 9.59 Å². The molecule has 4 rings (SSSR count). The fourth-order valence-corrected chi connectivity index (χ4v) is 3.79. The molecular weight excluding hydrogens is 328 g/mol. The summed E-state index contributed by atoms with van der Waals surface area (Å²) < 4.78 is 5.48. The maximum atomic E-state index is 12.6. The van der Waals surface area contributed by atoms with Gasteiger partial charge < -0.3 is 14.5 Å². The number of hydrogen-bond donors (Lipinski definition) is 0. The minimum atomic E-state index is -0.269. The molecule has 2 heterocycles. The van der Waals surface area contributed by atoms with Gasteiger partial charge in [-0.1, -0.05) is 42.5 Å². The van der Waals surface area contributed by atoms with Crippen LogP contribution in [0.3, 0.4) is 0 Å². The van der Waals surface area contributed by atoms with E-state index in [-0.39, 0.29) is 17.9 Å². The Bertz CT molecular complexity index is 806. The van der Waals surface area contributed by atoms with Crippen molar-refractivity contribution in [2.45, 2.75) is 25.4 Å². The third kappa shape index (κ3) is 3.58. The standard InChI is InChI=1S/C21H24N2O3/c24-20(15-16-7-8-17-4-1-2-5-18(17)14-16)22-9-11-23(12-10-22)21(25)19-6-3-13-26-19/h1-2,4-5,7-8,14,19H,3,6,9-13,15H2. The first kappa shape index (κ1) is 17.0. The van der Waals surface area contributed by atoms with Crippen LogP contribution in [-0.2, 0) is 20.7 Å². The van der Waals surface area contributed by atoms with Gasteiger partial charge in [-0.25, -0.2) is 0 Å². The van der Waals surface area contributed by atoms with Crippen molar-refractivity contribution in [2.24, 2.45) is 0 Å². The van der Waals surface area contributed by atoms with Crippen LogP contribution in [0, 0.1) is 0 Å². The summed E-state index contributed by atoms with van der Waals surface area (Å²) in [6, 6.07) is 14.4. The summed E-state index contributed by atoms with van der Waals surface area (Å²) in [6.45, 7) is 3.08. The Morgan fingerprint density at radius 1 is 0.962 bits per heavy atom. The Kier molecular flexibility index (Phi) is 4.89. The Balaban J connectivity index is 1.33. The predicted octanol–water partition coefficient (Wildman–Crippen LogP) is 2.23. The highest BCUT2D eigenvalue weighted by atomic mass is 16.5. The number of benzene rings is 2. The monoisotopic (exact) mass is 352 g/mol. The van der Waals surface area contributed by atoms with Crippen molar-refractivity contribution in [3.05, 3.63) is 48.0 Å². The molecule has 0 bridgehead atoms. The van der Waals surface area contributed by atoms with Crippen molar-refractivity contribution in [1.82, 2.24) is 9.80 Å². The zero-order valence-corrected chi connectivity index (χ0v) is 14.9. The Hall–Kier alpha value is -2.40. The Morgan fingerprint density at radius 2 is 1.69 bits per heavy atom. The number of carbonyl (C=O) groups excluding carboxylic acids is 2. The Morgan fingerprint density at radius 3 is 2.42 bits per heavy atom. The minimum Gasteiger partial charge on any atom is -0.368 e. The SMILES string of the molecule is O=C(Cc1ccc2ccccc2c1)N1CCN(C(=O)C2CCCO2)CC1. The lowest BCUT2D eigenvalue weighted by Gasteiger charge is -2.35. The van der Waals surface area contributed by atoms with E-state index in [0.29, 0.717) is 39.2 Å². The molecule has 0 saturated carbocycles. The molecule has 0 N–H and O–H groups in total. The van der Waals surface area contributed by atoms with Gasteiger partial charge in [0, 0.05) is 32.8 Å². The second-order valence-electron chi connectivity index (χ2n) is 7.07. The molecule has 2 saturated heterocycles. The topological polar surface area (TPSA) is 49.9 Å². The van der Waals surface area contributed by atoms with Gasteiger partial charge in [-0.2, -0.15) is 0 Å². The van der Waals surface area contributed by atoms with Gasteiger partial charge in [0.1, 0.15) is 6.10 Å². The fraction of sp³-hybridized carbons (Fsp3) is 0.429. The summed E-state index contributed by atoms with van der Waals surface area (Å²) in [5.74, 6) is 0.216. The van der Waals surface area contributed by atoms with Gasteiger partial charge in [0.25, 0.3) is 5.91 Å². The number of fused-ring (bicyclic) bond motifs is 1. The van der Waals surface area contributed by atoms with Crippen molar-refractivity contribution in [2.75, 3.05) is 32.8 Å². The average molecular weight is 352 g/mol. The first-order valence-electron chi connectivity index (χ1n) is 9.36. The molecule has 2 fully saturated rings. The lowest BCUT2D eigenvalue weighted by Crippen LogP contribution is -2.53. The third-order valence-corrected chi connectivity index (χ3v) is 5.32. The lowest BCUT2D eigenvalue weighted by atomic mass is 10.0. The first-order valence-corrected chi connectivity index (χ1v) is 9.36. The number of ether oxygens (including phenoxy) is 1. The van der Waals surface area contributed by atoms with E-state index < -0.39 is 0 Å². The number of hydrogen-bond acceptors (Lipinski definition) is 3. The van der Waals surface area contributed by atoms with Gasteiger partial charge in [0.2, 0.25) is 5.91 Å². The predicted molar refractivity (Wildman–Crippen MR) is 99.8 cm³/mol. The van der Waals surface area contributed by atoms with Gasteiger partial charge in [0.15, 0.2) is 0 Å². The highest BCUT2D eigenvalue weighted by molar-refractivity contribution is 5.86. The molecule has 2 aliphatic rings. The first-order chi connectivity index (χ1) is 12.7. The van der Waals surface area contributed by atoms with Gasteiger partial charge in [0.05, 0.1) is 6.42 Å². The van der Waals surface area contributed by atoms with Gasteiger partial charge in [-0.15, -0.1) is 0 Å². The van der Waals surface area contributed by atoms with Crippen LogP contribution in [0.4, 0.5) is 0 Å². The van der Waals surface area contributed by atoms with E-state index in [4.69, 9.17) is 4.74 Å². The van der Waals surface area contributed by atoms with Crippen molar-refractivity contribution < 1.29 is 14.3 Å². The maximum absolute atomic E-state index is 12.6.